The van der Waals surface area contributed by atoms with Crippen molar-refractivity contribution in [2.45, 2.75) is 55.1 Å². The predicted octanol–water partition coefficient (Wildman–Crippen LogP) is 6.02. The van der Waals surface area contributed by atoms with Crippen LogP contribution in [0.15, 0.2) is 53.4 Å². The summed E-state index contributed by atoms with van der Waals surface area (Å²) in [4.78, 5) is 0.363. The average Bonchev–Trinajstić information content (AvgIpc) is 2.94. The van der Waals surface area contributed by atoms with Gasteiger partial charge in [0, 0.05) is 23.7 Å². The number of nitrogens with one attached hydrogen (secondary N) is 1. The summed E-state index contributed by atoms with van der Waals surface area (Å²) >= 11 is 2.16. The molecule has 2 aromatic rings. The number of hydrogen-bond acceptors (Lipinski definition) is 4. The molecule has 1 saturated carbocycles. The summed E-state index contributed by atoms with van der Waals surface area (Å²) in [5.74, 6) is 1.30. The van der Waals surface area contributed by atoms with Gasteiger partial charge in [0.1, 0.15) is 0 Å². The first-order chi connectivity index (χ1) is 14.0. The normalized spacial score (nSPS) is 21.8. The van der Waals surface area contributed by atoms with E-state index in [9.17, 15) is 8.42 Å². The van der Waals surface area contributed by atoms with Crippen molar-refractivity contribution in [2.24, 2.45) is 5.41 Å². The molecule has 2 aliphatic rings. The molecule has 2 aromatic carbocycles. The monoisotopic (exact) mass is 429 g/mol. The maximum absolute atomic E-state index is 11.7. The lowest BCUT2D eigenvalue weighted by atomic mass is 9.75. The highest BCUT2D eigenvalue weighted by Crippen LogP contribution is 2.51. The molecule has 29 heavy (non-hydrogen) atoms. The summed E-state index contributed by atoms with van der Waals surface area (Å²) in [7, 11) is -3.16. The molecule has 1 heterocycles. The van der Waals surface area contributed by atoms with E-state index >= 15 is 0 Å². The first-order valence-corrected chi connectivity index (χ1v) is 13.7. The van der Waals surface area contributed by atoms with Crippen molar-refractivity contribution in [3.8, 4) is 11.1 Å². The summed E-state index contributed by atoms with van der Waals surface area (Å²) in [5.41, 5.74) is 3.84. The molecule has 1 aliphatic carbocycles. The number of rotatable bonds is 5. The van der Waals surface area contributed by atoms with Gasteiger partial charge in [-0.15, -0.1) is 0 Å². The Kier molecular flexibility index (Phi) is 6.26. The minimum Gasteiger partial charge on any atom is -0.384 e. The molecule has 1 unspecified atom stereocenters. The van der Waals surface area contributed by atoms with Crippen molar-refractivity contribution in [3.05, 3.63) is 48.5 Å². The second-order valence-electron chi connectivity index (χ2n) is 8.64. The fraction of sp³-hybridized carbons (Fsp3) is 0.500. The minimum absolute atomic E-state index is 0.363. The molecule has 0 amide bonds. The first-order valence-electron chi connectivity index (χ1n) is 10.7. The van der Waals surface area contributed by atoms with Gasteiger partial charge in [-0.25, -0.2) is 8.42 Å². The Morgan fingerprint density at radius 2 is 1.69 bits per heavy atom. The van der Waals surface area contributed by atoms with Crippen LogP contribution in [0.3, 0.4) is 0 Å². The molecule has 1 spiro atoms. The molecule has 0 bridgehead atoms. The summed E-state index contributed by atoms with van der Waals surface area (Å²) in [6.07, 6.45) is 11.1. The standard InChI is InChI=1S/C24H31NO2S2/c1-29(26,27)22-11-9-19(10-12-22)20-7-6-8-21(17-20)25-18-23-24(15-16-28-23)13-4-2-3-5-14-24/h6-12,17,23,25H,2-5,13-16,18H2,1H3. The van der Waals surface area contributed by atoms with Crippen LogP contribution in [0.5, 0.6) is 0 Å². The van der Waals surface area contributed by atoms with Crippen molar-refractivity contribution >= 4 is 27.3 Å². The third kappa shape index (κ3) is 4.83. The van der Waals surface area contributed by atoms with Crippen LogP contribution < -0.4 is 5.32 Å². The van der Waals surface area contributed by atoms with Crippen LogP contribution in [0.2, 0.25) is 0 Å². The predicted molar refractivity (Wildman–Crippen MR) is 124 cm³/mol. The Hall–Kier alpha value is -1.46. The highest BCUT2D eigenvalue weighted by atomic mass is 32.2. The Bertz CT molecular complexity index is 930. The average molecular weight is 430 g/mol. The zero-order valence-electron chi connectivity index (χ0n) is 17.2. The van der Waals surface area contributed by atoms with Crippen LogP contribution in [-0.4, -0.2) is 32.2 Å². The lowest BCUT2D eigenvalue weighted by Gasteiger charge is -2.34. The lowest BCUT2D eigenvalue weighted by Crippen LogP contribution is -2.33. The molecular formula is C24H31NO2S2. The highest BCUT2D eigenvalue weighted by molar-refractivity contribution is 8.00. The van der Waals surface area contributed by atoms with Crippen LogP contribution in [0.1, 0.15) is 44.9 Å². The topological polar surface area (TPSA) is 46.2 Å². The van der Waals surface area contributed by atoms with Crippen LogP contribution in [0.25, 0.3) is 11.1 Å². The maximum Gasteiger partial charge on any atom is 0.175 e. The zero-order valence-corrected chi connectivity index (χ0v) is 18.8. The Morgan fingerprint density at radius 1 is 0.966 bits per heavy atom. The number of anilines is 1. The largest absolute Gasteiger partial charge is 0.384 e. The molecule has 1 saturated heterocycles. The lowest BCUT2D eigenvalue weighted by molar-refractivity contribution is 0.244. The van der Waals surface area contributed by atoms with Crippen molar-refractivity contribution < 1.29 is 8.42 Å². The first kappa shape index (κ1) is 20.8. The number of thioether (sulfide) groups is 1. The Balaban J connectivity index is 1.45. The molecule has 4 rings (SSSR count). The van der Waals surface area contributed by atoms with Gasteiger partial charge in [-0.3, -0.25) is 0 Å². The van der Waals surface area contributed by atoms with E-state index in [0.29, 0.717) is 15.6 Å². The van der Waals surface area contributed by atoms with E-state index in [1.165, 1.54) is 57.0 Å². The van der Waals surface area contributed by atoms with Crippen LogP contribution in [-0.2, 0) is 9.84 Å². The second kappa shape index (κ2) is 8.73. The van der Waals surface area contributed by atoms with Gasteiger partial charge in [-0.1, -0.05) is 49.9 Å². The second-order valence-corrected chi connectivity index (χ2v) is 12.0. The van der Waals surface area contributed by atoms with Gasteiger partial charge < -0.3 is 5.32 Å². The molecule has 1 aliphatic heterocycles. The van der Waals surface area contributed by atoms with Gasteiger partial charge in [-0.05, 0) is 65.8 Å². The third-order valence-corrected chi connectivity index (χ3v) is 9.31. The van der Waals surface area contributed by atoms with Gasteiger partial charge in [0.15, 0.2) is 9.84 Å². The summed E-state index contributed by atoms with van der Waals surface area (Å²) in [6.45, 7) is 1.03. The molecule has 1 N–H and O–H groups in total. The quantitative estimate of drug-likeness (QED) is 0.632. The molecule has 1 atom stereocenters. The summed E-state index contributed by atoms with van der Waals surface area (Å²) < 4.78 is 23.4. The van der Waals surface area contributed by atoms with E-state index in [0.717, 1.165) is 23.4 Å². The zero-order chi connectivity index (χ0) is 20.3. The van der Waals surface area contributed by atoms with Crippen LogP contribution in [0.4, 0.5) is 5.69 Å². The Labute approximate surface area is 179 Å². The van der Waals surface area contributed by atoms with E-state index in [4.69, 9.17) is 0 Å². The van der Waals surface area contributed by atoms with Gasteiger partial charge in [0.2, 0.25) is 0 Å². The van der Waals surface area contributed by atoms with E-state index in [2.05, 4.69) is 41.3 Å². The number of sulfone groups is 1. The molecule has 0 radical (unpaired) electrons. The molecule has 3 nitrogen and oxygen atoms in total. The van der Waals surface area contributed by atoms with E-state index < -0.39 is 9.84 Å². The fourth-order valence-corrected chi connectivity index (χ4v) is 7.28. The van der Waals surface area contributed by atoms with E-state index in [-0.39, 0.29) is 0 Å². The molecule has 0 aromatic heterocycles. The highest BCUT2D eigenvalue weighted by Gasteiger charge is 2.42. The molecule has 5 heteroatoms. The van der Waals surface area contributed by atoms with Crippen LogP contribution in [0, 0.1) is 5.41 Å². The van der Waals surface area contributed by atoms with E-state index in [1.54, 1.807) is 12.1 Å². The number of hydrogen-bond donors (Lipinski definition) is 1. The summed E-state index contributed by atoms with van der Waals surface area (Å²) in [5, 5.41) is 4.41. The van der Waals surface area contributed by atoms with Gasteiger partial charge >= 0.3 is 0 Å². The third-order valence-electron chi connectivity index (χ3n) is 6.67. The van der Waals surface area contributed by atoms with Crippen molar-refractivity contribution in [1.82, 2.24) is 0 Å². The van der Waals surface area contributed by atoms with Gasteiger partial charge in [-0.2, -0.15) is 11.8 Å². The van der Waals surface area contributed by atoms with Crippen LogP contribution >= 0.6 is 11.8 Å². The van der Waals surface area contributed by atoms with Crippen molar-refractivity contribution in [1.29, 1.82) is 0 Å². The van der Waals surface area contributed by atoms with Gasteiger partial charge in [0.05, 0.1) is 4.90 Å². The maximum atomic E-state index is 11.7. The smallest absolute Gasteiger partial charge is 0.175 e. The SMILES string of the molecule is CS(=O)(=O)c1ccc(-c2cccc(NCC3SCCC34CCCCCC4)c2)cc1. The molecular weight excluding hydrogens is 398 g/mol. The fourth-order valence-electron chi connectivity index (χ4n) is 4.94. The summed E-state index contributed by atoms with van der Waals surface area (Å²) in [6, 6.07) is 15.6. The van der Waals surface area contributed by atoms with Crippen molar-refractivity contribution in [2.75, 3.05) is 23.9 Å². The van der Waals surface area contributed by atoms with E-state index in [1.807, 2.05) is 12.1 Å². The van der Waals surface area contributed by atoms with Gasteiger partial charge in [0.25, 0.3) is 0 Å². The van der Waals surface area contributed by atoms with Crippen molar-refractivity contribution in [3.63, 3.8) is 0 Å². The molecule has 2 fully saturated rings. The minimum atomic E-state index is -3.16. The number of benzene rings is 2. The molecule has 156 valence electrons. The Morgan fingerprint density at radius 3 is 2.38 bits per heavy atom.